The lowest BCUT2D eigenvalue weighted by Gasteiger charge is -2.07. The van der Waals surface area contributed by atoms with Crippen LogP contribution in [0.5, 0.6) is 0 Å². The van der Waals surface area contributed by atoms with Crippen LogP contribution in [0.1, 0.15) is 25.1 Å². The van der Waals surface area contributed by atoms with Gasteiger partial charge in [-0.1, -0.05) is 37.3 Å². The molecule has 0 N–H and O–H groups in total. The number of carbonyl (C=O) groups excluding carboxylic acids is 1. The Bertz CT molecular complexity index is 629. The molecule has 0 saturated carbocycles. The Hall–Kier alpha value is -1.88. The molecular weight excluding hydrogens is 272 g/mol. The molecule has 2 rings (SSSR count). The Morgan fingerprint density at radius 3 is 2.70 bits per heavy atom. The summed E-state index contributed by atoms with van der Waals surface area (Å²) in [6, 6.07) is 10.1. The van der Waals surface area contributed by atoms with Gasteiger partial charge < -0.3 is 9.30 Å². The van der Waals surface area contributed by atoms with Gasteiger partial charge in [-0.3, -0.25) is 0 Å². The van der Waals surface area contributed by atoms with Gasteiger partial charge in [-0.15, -0.1) is 16.3 Å². The summed E-state index contributed by atoms with van der Waals surface area (Å²) in [5.41, 5.74) is 2.35. The molecule has 1 heterocycles. The maximum absolute atomic E-state index is 11.5. The van der Waals surface area contributed by atoms with Gasteiger partial charge in [-0.05, 0) is 18.9 Å². The molecule has 0 radical (unpaired) electrons. The number of hydrogen-bond acceptors (Lipinski definition) is 3. The van der Waals surface area contributed by atoms with E-state index in [1.54, 1.807) is 6.92 Å². The number of nitrogens with zero attached hydrogens (tertiary/aromatic N) is 2. The van der Waals surface area contributed by atoms with E-state index in [0.29, 0.717) is 18.0 Å². The molecule has 0 spiro atoms. The first-order valence-corrected chi connectivity index (χ1v) is 7.55. The fourth-order valence-corrected chi connectivity index (χ4v) is 2.87. The summed E-state index contributed by atoms with van der Waals surface area (Å²) in [5, 5.41) is 2.04. The molecule has 1 amide bonds. The van der Waals surface area contributed by atoms with Crippen LogP contribution in [-0.2, 0) is 17.7 Å². The van der Waals surface area contributed by atoms with Gasteiger partial charge in [-0.25, -0.2) is 4.79 Å². The van der Waals surface area contributed by atoms with Gasteiger partial charge >= 0.3 is 6.09 Å². The van der Waals surface area contributed by atoms with Crippen LogP contribution in [0.15, 0.2) is 40.7 Å². The van der Waals surface area contributed by atoms with Gasteiger partial charge in [0.05, 0.1) is 13.2 Å². The van der Waals surface area contributed by atoms with Crippen molar-refractivity contribution in [3.05, 3.63) is 51.8 Å². The Morgan fingerprint density at radius 2 is 2.05 bits per heavy atom. The van der Waals surface area contributed by atoms with Gasteiger partial charge in [0.15, 0.2) is 4.80 Å². The van der Waals surface area contributed by atoms with Crippen molar-refractivity contribution in [2.45, 2.75) is 26.8 Å². The van der Waals surface area contributed by atoms with E-state index in [1.165, 1.54) is 22.6 Å². The van der Waals surface area contributed by atoms with Crippen LogP contribution in [0.2, 0.25) is 0 Å². The van der Waals surface area contributed by atoms with Gasteiger partial charge in [0.1, 0.15) is 0 Å². The highest BCUT2D eigenvalue weighted by atomic mass is 32.1. The summed E-state index contributed by atoms with van der Waals surface area (Å²) in [5.74, 6) is 0. The molecule has 0 fully saturated rings. The summed E-state index contributed by atoms with van der Waals surface area (Å²) in [6.45, 7) is 4.92. The van der Waals surface area contributed by atoms with Crippen LogP contribution >= 0.6 is 11.3 Å². The molecule has 0 aliphatic carbocycles. The van der Waals surface area contributed by atoms with E-state index >= 15 is 0 Å². The lowest BCUT2D eigenvalue weighted by atomic mass is 10.2. The quantitative estimate of drug-likeness (QED) is 0.867. The molecule has 0 unspecified atom stereocenters. The topological polar surface area (TPSA) is 43.6 Å². The average molecular weight is 290 g/mol. The maximum atomic E-state index is 11.5. The molecule has 1 aromatic heterocycles. The van der Waals surface area contributed by atoms with Crippen molar-refractivity contribution in [1.29, 1.82) is 0 Å². The molecule has 0 bridgehead atoms. The normalized spacial score (nSPS) is 11.6. The van der Waals surface area contributed by atoms with Crippen LogP contribution < -0.4 is 4.80 Å². The third kappa shape index (κ3) is 3.57. The summed E-state index contributed by atoms with van der Waals surface area (Å²) in [6.07, 6.45) is 0.376. The minimum atomic E-state index is -0.529. The van der Waals surface area contributed by atoms with Crippen molar-refractivity contribution < 1.29 is 9.53 Å². The highest BCUT2D eigenvalue weighted by Gasteiger charge is 2.06. The molecule has 0 aliphatic rings. The number of aromatic nitrogens is 1. The van der Waals surface area contributed by atoms with Gasteiger partial charge in [-0.2, -0.15) is 0 Å². The van der Waals surface area contributed by atoms with Gasteiger partial charge in [0.25, 0.3) is 0 Å². The molecule has 1 aromatic carbocycles. The van der Waals surface area contributed by atoms with E-state index in [1.807, 2.05) is 23.6 Å². The molecule has 4 nitrogen and oxygen atoms in total. The van der Waals surface area contributed by atoms with E-state index in [4.69, 9.17) is 4.74 Å². The van der Waals surface area contributed by atoms with Crippen LogP contribution in [0, 0.1) is 0 Å². The molecule has 106 valence electrons. The minimum absolute atomic E-state index is 0.340. The largest absolute Gasteiger partial charge is 0.448 e. The summed E-state index contributed by atoms with van der Waals surface area (Å²) >= 11 is 1.47. The first kappa shape index (κ1) is 14.5. The van der Waals surface area contributed by atoms with Crippen molar-refractivity contribution in [3.63, 3.8) is 0 Å². The van der Waals surface area contributed by atoms with E-state index < -0.39 is 6.09 Å². The summed E-state index contributed by atoms with van der Waals surface area (Å²) < 4.78 is 6.95. The van der Waals surface area contributed by atoms with Crippen LogP contribution in [-0.4, -0.2) is 17.3 Å². The lowest BCUT2D eigenvalue weighted by molar-refractivity contribution is 0.162. The second-order valence-electron chi connectivity index (χ2n) is 4.25. The minimum Gasteiger partial charge on any atom is -0.448 e. The Morgan fingerprint density at radius 1 is 1.30 bits per heavy atom. The van der Waals surface area contributed by atoms with E-state index in [-0.39, 0.29) is 0 Å². The standard InChI is InChI=1S/C15H18N2O2S/c1-3-13-11-20-14(16-15(18)19-4-2)17(13)10-12-8-6-5-7-9-12/h5-9,11H,3-4,10H2,1-2H3/b16-14-. The van der Waals surface area contributed by atoms with E-state index in [0.717, 1.165) is 6.42 Å². The first-order chi connectivity index (χ1) is 9.74. The maximum Gasteiger partial charge on any atom is 0.436 e. The Kier molecular flexibility index (Phi) is 5.12. The summed E-state index contributed by atoms with van der Waals surface area (Å²) in [7, 11) is 0. The number of hydrogen-bond donors (Lipinski definition) is 0. The number of rotatable bonds is 4. The zero-order chi connectivity index (χ0) is 14.4. The van der Waals surface area contributed by atoms with Crippen LogP contribution in [0.4, 0.5) is 4.79 Å². The predicted molar refractivity (Wildman–Crippen MR) is 79.8 cm³/mol. The fourth-order valence-electron chi connectivity index (χ4n) is 1.90. The second-order valence-corrected chi connectivity index (χ2v) is 5.08. The highest BCUT2D eigenvalue weighted by Crippen LogP contribution is 2.08. The monoisotopic (exact) mass is 290 g/mol. The third-order valence-electron chi connectivity index (χ3n) is 2.88. The predicted octanol–water partition coefficient (Wildman–Crippen LogP) is 3.22. The molecule has 0 saturated heterocycles. The Balaban J connectivity index is 2.35. The SMILES string of the molecule is CCOC(=O)/N=c1\scc(CC)n1Cc1ccccc1. The van der Waals surface area contributed by atoms with Crippen molar-refractivity contribution in [2.75, 3.05) is 6.61 Å². The Labute approximate surface area is 122 Å². The van der Waals surface area contributed by atoms with Gasteiger partial charge in [0.2, 0.25) is 0 Å². The van der Waals surface area contributed by atoms with Crippen LogP contribution in [0.3, 0.4) is 0 Å². The lowest BCUT2D eigenvalue weighted by Crippen LogP contribution is -2.20. The molecule has 0 atom stereocenters. The molecule has 2 aromatic rings. The highest BCUT2D eigenvalue weighted by molar-refractivity contribution is 7.07. The van der Waals surface area contributed by atoms with Crippen molar-refractivity contribution in [3.8, 4) is 0 Å². The molecule has 0 aliphatic heterocycles. The van der Waals surface area contributed by atoms with E-state index in [9.17, 15) is 4.79 Å². The third-order valence-corrected chi connectivity index (χ3v) is 3.79. The summed E-state index contributed by atoms with van der Waals surface area (Å²) in [4.78, 5) is 16.2. The number of amides is 1. The smallest absolute Gasteiger partial charge is 0.436 e. The number of carbonyl (C=O) groups is 1. The van der Waals surface area contributed by atoms with E-state index in [2.05, 4.69) is 28.6 Å². The zero-order valence-electron chi connectivity index (χ0n) is 11.7. The van der Waals surface area contributed by atoms with Crippen molar-refractivity contribution in [2.24, 2.45) is 4.99 Å². The van der Waals surface area contributed by atoms with Crippen molar-refractivity contribution in [1.82, 2.24) is 4.57 Å². The number of benzene rings is 1. The molecule has 5 heteroatoms. The second kappa shape index (κ2) is 7.05. The first-order valence-electron chi connectivity index (χ1n) is 6.67. The zero-order valence-corrected chi connectivity index (χ0v) is 12.5. The number of thiazole rings is 1. The molecule has 20 heavy (non-hydrogen) atoms. The fraction of sp³-hybridized carbons (Fsp3) is 0.333. The number of ether oxygens (including phenoxy) is 1. The molecular formula is C15H18N2O2S. The van der Waals surface area contributed by atoms with Crippen LogP contribution in [0.25, 0.3) is 0 Å². The van der Waals surface area contributed by atoms with Gasteiger partial charge in [0, 0.05) is 11.1 Å². The number of aryl methyl sites for hydroxylation is 1. The van der Waals surface area contributed by atoms with Crippen molar-refractivity contribution >= 4 is 17.4 Å². The average Bonchev–Trinajstić information content (AvgIpc) is 2.82.